The van der Waals surface area contributed by atoms with Gasteiger partial charge in [-0.25, -0.2) is 0 Å². The molecule has 0 aliphatic carbocycles. The number of hydrogen-bond donors (Lipinski definition) is 0. The Kier molecular flexibility index (Phi) is 5.10. The van der Waals surface area contributed by atoms with Gasteiger partial charge in [0, 0.05) is 6.04 Å². The lowest BCUT2D eigenvalue weighted by atomic mass is 9.90. The summed E-state index contributed by atoms with van der Waals surface area (Å²) in [5, 5.41) is 0. The molecule has 15 heavy (non-hydrogen) atoms. The van der Waals surface area contributed by atoms with Gasteiger partial charge in [0.15, 0.2) is 0 Å². The molecule has 0 unspecified atom stereocenters. The van der Waals surface area contributed by atoms with Gasteiger partial charge in [-0.15, -0.1) is 0 Å². The molecule has 0 spiro atoms. The van der Waals surface area contributed by atoms with Crippen LogP contribution in [0.2, 0.25) is 0 Å². The van der Waals surface area contributed by atoms with Gasteiger partial charge >= 0.3 is 0 Å². The lowest BCUT2D eigenvalue weighted by Gasteiger charge is -2.34. The Morgan fingerprint density at radius 1 is 1.40 bits per heavy atom. The van der Waals surface area contributed by atoms with Gasteiger partial charge in [0.1, 0.15) is 0 Å². The van der Waals surface area contributed by atoms with Crippen molar-refractivity contribution < 1.29 is 0 Å². The zero-order valence-corrected chi connectivity index (χ0v) is 10.5. The number of rotatable bonds is 4. The summed E-state index contributed by atoms with van der Waals surface area (Å²) in [6.45, 7) is 13.3. The summed E-state index contributed by atoms with van der Waals surface area (Å²) in [6.07, 6.45) is 8.11. The Balaban J connectivity index is 2.28. The number of allylic oxidation sites excluding steroid dienone is 3. The molecule has 0 radical (unpaired) electrons. The van der Waals surface area contributed by atoms with Gasteiger partial charge in [-0.3, -0.25) is 0 Å². The Morgan fingerprint density at radius 2 is 2.00 bits per heavy atom. The molecule has 1 fully saturated rings. The number of nitrogens with zero attached hydrogens (tertiary/aromatic N) is 1. The first kappa shape index (κ1) is 12.5. The van der Waals surface area contributed by atoms with E-state index in [0.717, 1.165) is 5.92 Å². The van der Waals surface area contributed by atoms with E-state index in [1.165, 1.54) is 37.9 Å². The lowest BCUT2D eigenvalue weighted by Crippen LogP contribution is -2.38. The Bertz CT molecular complexity index is 219. The van der Waals surface area contributed by atoms with Crippen molar-refractivity contribution >= 4 is 0 Å². The van der Waals surface area contributed by atoms with Gasteiger partial charge in [-0.05, 0) is 59.0 Å². The number of piperidine rings is 1. The fourth-order valence-corrected chi connectivity index (χ4v) is 2.35. The maximum Gasteiger partial charge on any atom is 0.00385 e. The molecule has 0 N–H and O–H groups in total. The predicted octanol–water partition coefficient (Wildman–Crippen LogP) is 3.63. The van der Waals surface area contributed by atoms with E-state index in [1.54, 1.807) is 0 Å². The summed E-state index contributed by atoms with van der Waals surface area (Å²) in [7, 11) is 0. The van der Waals surface area contributed by atoms with Gasteiger partial charge in [-0.2, -0.15) is 0 Å². The van der Waals surface area contributed by atoms with Gasteiger partial charge in [-0.1, -0.05) is 24.3 Å². The Labute approximate surface area is 94.9 Å². The first-order valence-electron chi connectivity index (χ1n) is 6.18. The van der Waals surface area contributed by atoms with E-state index >= 15 is 0 Å². The highest BCUT2D eigenvalue weighted by Gasteiger charge is 2.20. The average molecular weight is 207 g/mol. The summed E-state index contributed by atoms with van der Waals surface area (Å²) in [5.41, 5.74) is 1.29. The zero-order chi connectivity index (χ0) is 11.3. The van der Waals surface area contributed by atoms with Crippen molar-refractivity contribution in [2.75, 3.05) is 13.1 Å². The van der Waals surface area contributed by atoms with Crippen LogP contribution >= 0.6 is 0 Å². The van der Waals surface area contributed by atoms with Crippen molar-refractivity contribution in [2.45, 2.75) is 46.1 Å². The third-order valence-corrected chi connectivity index (χ3v) is 3.33. The summed E-state index contributed by atoms with van der Waals surface area (Å²) in [4.78, 5) is 2.58. The molecule has 1 heteroatoms. The van der Waals surface area contributed by atoms with Crippen LogP contribution in [0.4, 0.5) is 0 Å². The minimum atomic E-state index is 0.713. The fraction of sp³-hybridized carbons (Fsp3) is 0.714. The summed E-state index contributed by atoms with van der Waals surface area (Å²) in [5.74, 6) is 0.865. The molecule has 1 heterocycles. The van der Waals surface area contributed by atoms with Crippen LogP contribution in [-0.2, 0) is 0 Å². The fourth-order valence-electron chi connectivity index (χ4n) is 2.35. The van der Waals surface area contributed by atoms with Crippen LogP contribution < -0.4 is 0 Å². The average Bonchev–Trinajstić information content (AvgIpc) is 2.18. The molecule has 0 saturated carbocycles. The van der Waals surface area contributed by atoms with E-state index in [4.69, 9.17) is 0 Å². The molecule has 1 nitrogen and oxygen atoms in total. The summed E-state index contributed by atoms with van der Waals surface area (Å²) >= 11 is 0. The Hall–Kier alpha value is -0.560. The largest absolute Gasteiger partial charge is 0.301 e. The molecule has 0 atom stereocenters. The van der Waals surface area contributed by atoms with E-state index in [9.17, 15) is 0 Å². The van der Waals surface area contributed by atoms with Gasteiger partial charge < -0.3 is 4.90 Å². The highest BCUT2D eigenvalue weighted by Crippen LogP contribution is 2.24. The van der Waals surface area contributed by atoms with E-state index in [-0.39, 0.29) is 0 Å². The number of likely N-dealkylation sites (tertiary alicyclic amines) is 1. The second kappa shape index (κ2) is 6.12. The topological polar surface area (TPSA) is 3.24 Å². The molecule has 1 rings (SSSR count). The normalized spacial score (nSPS) is 20.3. The van der Waals surface area contributed by atoms with Crippen LogP contribution in [0.5, 0.6) is 0 Å². The molecule has 86 valence electrons. The second-order valence-electron chi connectivity index (χ2n) is 4.94. The monoisotopic (exact) mass is 207 g/mol. The molecule has 1 saturated heterocycles. The number of hydrogen-bond acceptors (Lipinski definition) is 1. The van der Waals surface area contributed by atoms with Crippen LogP contribution in [0, 0.1) is 5.92 Å². The molecule has 0 amide bonds. The van der Waals surface area contributed by atoms with Crippen LogP contribution in [0.15, 0.2) is 24.3 Å². The summed E-state index contributed by atoms with van der Waals surface area (Å²) < 4.78 is 0. The minimum absolute atomic E-state index is 0.713. The molecule has 0 aromatic heterocycles. The maximum absolute atomic E-state index is 4.09. The molecular weight excluding hydrogens is 182 g/mol. The van der Waals surface area contributed by atoms with E-state index < -0.39 is 0 Å². The van der Waals surface area contributed by atoms with E-state index in [2.05, 4.69) is 44.4 Å². The lowest BCUT2D eigenvalue weighted by molar-refractivity contribution is 0.149. The van der Waals surface area contributed by atoms with Crippen molar-refractivity contribution in [3.8, 4) is 0 Å². The third-order valence-electron chi connectivity index (χ3n) is 3.33. The van der Waals surface area contributed by atoms with Crippen LogP contribution in [0.3, 0.4) is 0 Å². The maximum atomic E-state index is 4.09. The molecular formula is C14H25N. The zero-order valence-electron chi connectivity index (χ0n) is 10.5. The van der Waals surface area contributed by atoms with E-state index in [1.807, 2.05) is 0 Å². The van der Waals surface area contributed by atoms with Gasteiger partial charge in [0.05, 0.1) is 0 Å². The first-order valence-corrected chi connectivity index (χ1v) is 6.18. The van der Waals surface area contributed by atoms with Crippen molar-refractivity contribution in [1.82, 2.24) is 4.90 Å². The highest BCUT2D eigenvalue weighted by molar-refractivity contribution is 5.14. The third kappa shape index (κ3) is 4.21. The van der Waals surface area contributed by atoms with Crippen LogP contribution in [-0.4, -0.2) is 24.0 Å². The first-order chi connectivity index (χ1) is 7.13. The quantitative estimate of drug-likeness (QED) is 0.636. The molecule has 1 aliphatic rings. The van der Waals surface area contributed by atoms with E-state index in [0.29, 0.717) is 6.04 Å². The van der Waals surface area contributed by atoms with Gasteiger partial charge in [0.25, 0.3) is 0 Å². The Morgan fingerprint density at radius 3 is 2.47 bits per heavy atom. The predicted molar refractivity (Wildman–Crippen MR) is 68.0 cm³/mol. The minimum Gasteiger partial charge on any atom is -0.301 e. The van der Waals surface area contributed by atoms with Crippen molar-refractivity contribution in [3.63, 3.8) is 0 Å². The SMILES string of the molecule is C=C(/C=C\C)CC1CCN(C(C)C)CC1. The van der Waals surface area contributed by atoms with Gasteiger partial charge in [0.2, 0.25) is 0 Å². The molecule has 0 aromatic carbocycles. The highest BCUT2D eigenvalue weighted by atomic mass is 15.1. The standard InChI is InChI=1S/C14H25N/c1-5-6-13(4)11-14-7-9-15(10-8-14)12(2)3/h5-6,12,14H,4,7-11H2,1-3H3/b6-5-. The van der Waals surface area contributed by atoms with Crippen molar-refractivity contribution in [1.29, 1.82) is 0 Å². The van der Waals surface area contributed by atoms with Crippen LogP contribution in [0.25, 0.3) is 0 Å². The molecule has 0 bridgehead atoms. The van der Waals surface area contributed by atoms with Crippen molar-refractivity contribution in [2.24, 2.45) is 5.92 Å². The second-order valence-corrected chi connectivity index (χ2v) is 4.94. The molecule has 1 aliphatic heterocycles. The van der Waals surface area contributed by atoms with Crippen LogP contribution in [0.1, 0.15) is 40.0 Å². The summed E-state index contributed by atoms with van der Waals surface area (Å²) in [6, 6.07) is 0.713. The van der Waals surface area contributed by atoms with Crippen molar-refractivity contribution in [3.05, 3.63) is 24.3 Å². The molecule has 0 aromatic rings. The smallest absolute Gasteiger partial charge is 0.00385 e.